The first-order valence-electron chi connectivity index (χ1n) is 6.49. The van der Waals surface area contributed by atoms with Crippen molar-refractivity contribution in [2.75, 3.05) is 0 Å². The van der Waals surface area contributed by atoms with Gasteiger partial charge in [0.15, 0.2) is 0 Å². The Balaban J connectivity index is 2.54. The second-order valence-corrected chi connectivity index (χ2v) is 5.34. The first kappa shape index (κ1) is 13.6. The van der Waals surface area contributed by atoms with Gasteiger partial charge < -0.3 is 15.8 Å². The summed E-state index contributed by atoms with van der Waals surface area (Å²) in [6, 6.07) is 7.34. The minimum atomic E-state index is -0.841. The summed E-state index contributed by atoms with van der Waals surface area (Å²) in [6.45, 7) is 5.72. The zero-order valence-electron chi connectivity index (χ0n) is 11.5. The van der Waals surface area contributed by atoms with Gasteiger partial charge in [0.25, 0.3) is 0 Å². The largest absolute Gasteiger partial charge is 0.481 e. The molecule has 0 aliphatic rings. The van der Waals surface area contributed by atoms with Gasteiger partial charge in [0, 0.05) is 22.6 Å². The van der Waals surface area contributed by atoms with Gasteiger partial charge in [-0.3, -0.25) is 4.79 Å². The molecule has 0 saturated heterocycles. The number of aromatic nitrogens is 1. The lowest BCUT2D eigenvalue weighted by molar-refractivity contribution is -0.144. The van der Waals surface area contributed by atoms with E-state index in [0.29, 0.717) is 0 Å². The van der Waals surface area contributed by atoms with Crippen LogP contribution in [0.5, 0.6) is 0 Å². The van der Waals surface area contributed by atoms with Crippen molar-refractivity contribution in [1.29, 1.82) is 0 Å². The molecule has 0 aliphatic carbocycles. The van der Waals surface area contributed by atoms with Crippen LogP contribution < -0.4 is 5.73 Å². The molecule has 2 rings (SSSR count). The number of hydrogen-bond acceptors (Lipinski definition) is 2. The molecule has 2 atom stereocenters. The molecule has 0 amide bonds. The Bertz CT molecular complexity index is 601. The van der Waals surface area contributed by atoms with Crippen molar-refractivity contribution in [1.82, 2.24) is 4.98 Å². The highest BCUT2D eigenvalue weighted by atomic mass is 16.4. The number of aryl methyl sites for hydroxylation is 1. The molecule has 1 heterocycles. The maximum atomic E-state index is 11.4. The van der Waals surface area contributed by atoms with Crippen molar-refractivity contribution in [3.63, 3.8) is 0 Å². The van der Waals surface area contributed by atoms with Crippen molar-refractivity contribution < 1.29 is 9.90 Å². The number of benzene rings is 1. The third kappa shape index (κ3) is 2.36. The number of carboxylic acid groups (broad SMARTS) is 1. The SMILES string of the molecule is Cc1[nH]c2ccccc2c1C(N)C(C(=O)O)C(C)C. The number of aromatic amines is 1. The van der Waals surface area contributed by atoms with Crippen LogP contribution >= 0.6 is 0 Å². The van der Waals surface area contributed by atoms with Gasteiger partial charge in [-0.2, -0.15) is 0 Å². The molecule has 4 heteroatoms. The van der Waals surface area contributed by atoms with Crippen molar-refractivity contribution in [3.8, 4) is 0 Å². The van der Waals surface area contributed by atoms with Gasteiger partial charge in [0.1, 0.15) is 0 Å². The number of carbonyl (C=O) groups is 1. The summed E-state index contributed by atoms with van der Waals surface area (Å²) in [7, 11) is 0. The van der Waals surface area contributed by atoms with E-state index in [1.807, 2.05) is 45.0 Å². The monoisotopic (exact) mass is 260 g/mol. The number of nitrogens with one attached hydrogen (secondary N) is 1. The number of fused-ring (bicyclic) bond motifs is 1. The second kappa shape index (κ2) is 5.05. The topological polar surface area (TPSA) is 79.1 Å². The molecule has 0 saturated carbocycles. The van der Waals surface area contributed by atoms with Crippen molar-refractivity contribution in [3.05, 3.63) is 35.5 Å². The molecule has 2 aromatic rings. The second-order valence-electron chi connectivity index (χ2n) is 5.34. The number of hydrogen-bond donors (Lipinski definition) is 3. The van der Waals surface area contributed by atoms with Crippen LogP contribution in [0.2, 0.25) is 0 Å². The van der Waals surface area contributed by atoms with Crippen LogP contribution in [0.25, 0.3) is 10.9 Å². The summed E-state index contributed by atoms with van der Waals surface area (Å²) < 4.78 is 0. The first-order valence-corrected chi connectivity index (χ1v) is 6.49. The zero-order chi connectivity index (χ0) is 14.2. The Labute approximate surface area is 112 Å². The van der Waals surface area contributed by atoms with Crippen LogP contribution in [-0.4, -0.2) is 16.1 Å². The lowest BCUT2D eigenvalue weighted by Gasteiger charge is -2.24. The molecular weight excluding hydrogens is 240 g/mol. The fraction of sp³-hybridized carbons (Fsp3) is 0.400. The van der Waals surface area contributed by atoms with E-state index in [2.05, 4.69) is 4.98 Å². The molecule has 2 unspecified atom stereocenters. The molecule has 0 radical (unpaired) electrons. The summed E-state index contributed by atoms with van der Waals surface area (Å²) in [5.74, 6) is -1.44. The first-order chi connectivity index (χ1) is 8.93. The van der Waals surface area contributed by atoms with E-state index < -0.39 is 17.9 Å². The Morgan fingerprint density at radius 3 is 2.53 bits per heavy atom. The standard InChI is InChI=1S/C15H20N2O2/c1-8(2)12(15(18)19)14(16)13-9(3)17-11-7-5-4-6-10(11)13/h4-8,12,14,17H,16H2,1-3H3,(H,18,19). The number of para-hydroxylation sites is 1. The molecule has 0 spiro atoms. The number of carboxylic acids is 1. The Kier molecular flexibility index (Phi) is 3.62. The molecule has 102 valence electrons. The zero-order valence-corrected chi connectivity index (χ0v) is 11.5. The van der Waals surface area contributed by atoms with Gasteiger partial charge >= 0.3 is 5.97 Å². The Hall–Kier alpha value is -1.81. The maximum Gasteiger partial charge on any atom is 0.308 e. The molecule has 0 fully saturated rings. The van der Waals surface area contributed by atoms with Crippen molar-refractivity contribution in [2.45, 2.75) is 26.8 Å². The number of nitrogens with two attached hydrogens (primary N) is 1. The highest BCUT2D eigenvalue weighted by Gasteiger charge is 2.31. The van der Waals surface area contributed by atoms with E-state index in [1.54, 1.807) is 0 Å². The number of aliphatic carboxylic acids is 1. The highest BCUT2D eigenvalue weighted by Crippen LogP contribution is 2.33. The quantitative estimate of drug-likeness (QED) is 0.790. The lowest BCUT2D eigenvalue weighted by Crippen LogP contribution is -2.32. The lowest BCUT2D eigenvalue weighted by atomic mass is 9.84. The molecule has 0 aliphatic heterocycles. The van der Waals surface area contributed by atoms with Crippen molar-refractivity contribution in [2.24, 2.45) is 17.6 Å². The Morgan fingerprint density at radius 2 is 1.95 bits per heavy atom. The van der Waals surface area contributed by atoms with Gasteiger partial charge in [-0.15, -0.1) is 0 Å². The summed E-state index contributed by atoms with van der Waals surface area (Å²) in [5.41, 5.74) is 9.11. The van der Waals surface area contributed by atoms with E-state index in [9.17, 15) is 9.90 Å². The van der Waals surface area contributed by atoms with Gasteiger partial charge in [-0.1, -0.05) is 32.0 Å². The van der Waals surface area contributed by atoms with Crippen LogP contribution in [0.3, 0.4) is 0 Å². The van der Waals surface area contributed by atoms with Crippen LogP contribution in [0.1, 0.15) is 31.1 Å². The third-order valence-electron chi connectivity index (χ3n) is 3.67. The average molecular weight is 260 g/mol. The van der Waals surface area contributed by atoms with Crippen LogP contribution in [0, 0.1) is 18.8 Å². The van der Waals surface area contributed by atoms with E-state index in [1.165, 1.54) is 0 Å². The number of H-pyrrole nitrogens is 1. The van der Waals surface area contributed by atoms with Crippen LogP contribution in [-0.2, 0) is 4.79 Å². The summed E-state index contributed by atoms with van der Waals surface area (Å²) in [6.07, 6.45) is 0. The minimum Gasteiger partial charge on any atom is -0.481 e. The molecule has 1 aromatic heterocycles. The molecular formula is C15H20N2O2. The molecule has 19 heavy (non-hydrogen) atoms. The van der Waals surface area contributed by atoms with Gasteiger partial charge in [0.2, 0.25) is 0 Å². The Morgan fingerprint density at radius 1 is 1.32 bits per heavy atom. The van der Waals surface area contributed by atoms with Crippen LogP contribution in [0.15, 0.2) is 24.3 Å². The fourth-order valence-corrected chi connectivity index (χ4v) is 2.76. The normalized spacial score (nSPS) is 14.8. The van der Waals surface area contributed by atoms with E-state index in [4.69, 9.17) is 5.73 Å². The van der Waals surface area contributed by atoms with Crippen LogP contribution in [0.4, 0.5) is 0 Å². The predicted octanol–water partition coefficient (Wildman–Crippen LogP) is 2.83. The smallest absolute Gasteiger partial charge is 0.308 e. The van der Waals surface area contributed by atoms with E-state index >= 15 is 0 Å². The minimum absolute atomic E-state index is 0.0134. The molecule has 1 aromatic carbocycles. The summed E-state index contributed by atoms with van der Waals surface area (Å²) in [5, 5.41) is 10.4. The average Bonchev–Trinajstić information content (AvgIpc) is 2.63. The van der Waals surface area contributed by atoms with Gasteiger partial charge in [-0.25, -0.2) is 0 Å². The predicted molar refractivity (Wildman–Crippen MR) is 75.9 cm³/mol. The van der Waals surface area contributed by atoms with E-state index in [-0.39, 0.29) is 5.92 Å². The number of rotatable bonds is 4. The summed E-state index contributed by atoms with van der Waals surface area (Å²) in [4.78, 5) is 14.7. The maximum absolute atomic E-state index is 11.4. The van der Waals surface area contributed by atoms with E-state index in [0.717, 1.165) is 22.2 Å². The van der Waals surface area contributed by atoms with Gasteiger partial charge in [-0.05, 0) is 24.5 Å². The van der Waals surface area contributed by atoms with Gasteiger partial charge in [0.05, 0.1) is 5.92 Å². The highest BCUT2D eigenvalue weighted by molar-refractivity contribution is 5.86. The molecule has 4 N–H and O–H groups in total. The third-order valence-corrected chi connectivity index (χ3v) is 3.67. The van der Waals surface area contributed by atoms with Crippen molar-refractivity contribution >= 4 is 16.9 Å². The molecule has 4 nitrogen and oxygen atoms in total. The fourth-order valence-electron chi connectivity index (χ4n) is 2.76. The molecule has 0 bridgehead atoms. The summed E-state index contributed by atoms with van der Waals surface area (Å²) >= 11 is 0.